The number of hydrogen-bond acceptors (Lipinski definition) is 5. The Bertz CT molecular complexity index is 740. The molecule has 4 heterocycles. The van der Waals surface area contributed by atoms with Gasteiger partial charge in [-0.15, -0.1) is 5.10 Å². The maximum atomic E-state index is 5.62. The summed E-state index contributed by atoms with van der Waals surface area (Å²) in [5, 5.41) is 7.79. The normalized spacial score (nSPS) is 15.8. The second-order valence-corrected chi connectivity index (χ2v) is 4.77. The lowest BCUT2D eigenvalue weighted by molar-refractivity contribution is 0.430. The lowest BCUT2D eigenvalue weighted by Crippen LogP contribution is -2.40. The molecule has 6 heteroatoms. The van der Waals surface area contributed by atoms with Gasteiger partial charge in [0.2, 0.25) is 0 Å². The number of rotatable bonds is 2. The molecule has 0 radical (unpaired) electrons. The second kappa shape index (κ2) is 3.89. The first-order valence-electron chi connectivity index (χ1n) is 6.30. The molecule has 0 aliphatic carbocycles. The number of nitrogens with one attached hydrogen (secondary N) is 1. The van der Waals surface area contributed by atoms with Gasteiger partial charge in [-0.05, 0) is 19.1 Å². The van der Waals surface area contributed by atoms with E-state index in [9.17, 15) is 0 Å². The van der Waals surface area contributed by atoms with Crippen LogP contribution in [0.4, 0.5) is 0 Å². The van der Waals surface area contributed by atoms with Crippen molar-refractivity contribution in [3.8, 4) is 11.6 Å². The summed E-state index contributed by atoms with van der Waals surface area (Å²) in [4.78, 5) is 8.92. The molecule has 0 saturated carbocycles. The van der Waals surface area contributed by atoms with Crippen molar-refractivity contribution in [1.82, 2.24) is 24.9 Å². The Morgan fingerprint density at radius 1 is 1.32 bits per heavy atom. The van der Waals surface area contributed by atoms with E-state index in [-0.39, 0.29) is 0 Å². The molecule has 19 heavy (non-hydrogen) atoms. The van der Waals surface area contributed by atoms with Gasteiger partial charge in [0.15, 0.2) is 23.1 Å². The first-order chi connectivity index (χ1) is 9.31. The van der Waals surface area contributed by atoms with Gasteiger partial charge < -0.3 is 9.73 Å². The molecule has 1 aliphatic rings. The van der Waals surface area contributed by atoms with Crippen molar-refractivity contribution < 1.29 is 4.42 Å². The van der Waals surface area contributed by atoms with Crippen molar-refractivity contribution in [1.29, 1.82) is 0 Å². The third kappa shape index (κ3) is 1.64. The average molecular weight is 255 g/mol. The molecule has 3 aromatic heterocycles. The van der Waals surface area contributed by atoms with Crippen molar-refractivity contribution in [3.05, 3.63) is 36.0 Å². The third-order valence-electron chi connectivity index (χ3n) is 3.38. The van der Waals surface area contributed by atoms with Gasteiger partial charge in [-0.1, -0.05) is 0 Å². The van der Waals surface area contributed by atoms with Crippen molar-refractivity contribution in [2.24, 2.45) is 0 Å². The molecule has 0 amide bonds. The van der Waals surface area contributed by atoms with Gasteiger partial charge in [-0.25, -0.2) is 9.97 Å². The highest BCUT2D eigenvalue weighted by atomic mass is 16.3. The molecule has 0 bridgehead atoms. The topological polar surface area (TPSA) is 68.2 Å². The first kappa shape index (κ1) is 10.7. The van der Waals surface area contributed by atoms with Crippen LogP contribution in [-0.2, 0) is 0 Å². The van der Waals surface area contributed by atoms with Gasteiger partial charge in [0.25, 0.3) is 0 Å². The summed E-state index contributed by atoms with van der Waals surface area (Å²) in [7, 11) is 0. The molecule has 3 aromatic rings. The van der Waals surface area contributed by atoms with E-state index in [1.165, 1.54) is 0 Å². The van der Waals surface area contributed by atoms with E-state index in [2.05, 4.69) is 20.4 Å². The lowest BCUT2D eigenvalue weighted by atomic mass is 10.0. The SMILES string of the molecule is Cc1ccc(-c2nccc3nc(C4CNC4)nn23)o1. The summed E-state index contributed by atoms with van der Waals surface area (Å²) < 4.78 is 7.38. The second-order valence-electron chi connectivity index (χ2n) is 4.77. The molecule has 0 unspecified atom stereocenters. The van der Waals surface area contributed by atoms with Crippen LogP contribution in [0.2, 0.25) is 0 Å². The monoisotopic (exact) mass is 255 g/mol. The van der Waals surface area contributed by atoms with Gasteiger partial charge in [-0.3, -0.25) is 0 Å². The van der Waals surface area contributed by atoms with Crippen LogP contribution in [0.25, 0.3) is 17.2 Å². The average Bonchev–Trinajstić information content (AvgIpc) is 2.92. The van der Waals surface area contributed by atoms with Crippen LogP contribution in [-0.4, -0.2) is 32.7 Å². The van der Waals surface area contributed by atoms with Crippen LogP contribution < -0.4 is 5.32 Å². The Morgan fingerprint density at radius 2 is 2.21 bits per heavy atom. The Balaban J connectivity index is 1.88. The Labute approximate surface area is 109 Å². The number of nitrogens with zero attached hydrogens (tertiary/aromatic N) is 4. The van der Waals surface area contributed by atoms with Crippen LogP contribution in [0.5, 0.6) is 0 Å². The number of furan rings is 1. The maximum Gasteiger partial charge on any atom is 0.198 e. The maximum absolute atomic E-state index is 5.62. The highest BCUT2D eigenvalue weighted by molar-refractivity contribution is 5.53. The summed E-state index contributed by atoms with van der Waals surface area (Å²) >= 11 is 0. The summed E-state index contributed by atoms with van der Waals surface area (Å²) in [5.74, 6) is 3.54. The van der Waals surface area contributed by atoms with Crippen molar-refractivity contribution in [2.45, 2.75) is 12.8 Å². The minimum Gasteiger partial charge on any atom is -0.458 e. The molecule has 96 valence electrons. The predicted molar refractivity (Wildman–Crippen MR) is 68.8 cm³/mol. The fourth-order valence-corrected chi connectivity index (χ4v) is 2.20. The van der Waals surface area contributed by atoms with Crippen LogP contribution in [0.15, 0.2) is 28.8 Å². The fourth-order valence-electron chi connectivity index (χ4n) is 2.20. The zero-order valence-electron chi connectivity index (χ0n) is 10.5. The molecule has 1 saturated heterocycles. The number of aromatic nitrogens is 4. The quantitative estimate of drug-likeness (QED) is 0.749. The van der Waals surface area contributed by atoms with E-state index < -0.39 is 0 Å². The van der Waals surface area contributed by atoms with E-state index >= 15 is 0 Å². The molecule has 0 aromatic carbocycles. The van der Waals surface area contributed by atoms with E-state index in [0.717, 1.165) is 30.3 Å². The highest BCUT2D eigenvalue weighted by Crippen LogP contribution is 2.22. The zero-order valence-corrected chi connectivity index (χ0v) is 10.5. The van der Waals surface area contributed by atoms with Gasteiger partial charge >= 0.3 is 0 Å². The van der Waals surface area contributed by atoms with Crippen molar-refractivity contribution >= 4 is 5.65 Å². The highest BCUT2D eigenvalue weighted by Gasteiger charge is 2.24. The van der Waals surface area contributed by atoms with Crippen LogP contribution in [0.3, 0.4) is 0 Å². The van der Waals surface area contributed by atoms with E-state index in [4.69, 9.17) is 4.42 Å². The summed E-state index contributed by atoms with van der Waals surface area (Å²) in [5.41, 5.74) is 0.806. The molecular formula is C13H13N5O. The summed E-state index contributed by atoms with van der Waals surface area (Å²) in [6, 6.07) is 5.69. The fraction of sp³-hybridized carbons (Fsp3) is 0.308. The number of fused-ring (bicyclic) bond motifs is 1. The first-order valence-corrected chi connectivity index (χ1v) is 6.30. The van der Waals surface area contributed by atoms with Gasteiger partial charge in [0.1, 0.15) is 5.76 Å². The largest absolute Gasteiger partial charge is 0.458 e. The molecular weight excluding hydrogens is 242 g/mol. The minimum atomic E-state index is 0.408. The molecule has 4 rings (SSSR count). The molecule has 1 fully saturated rings. The minimum absolute atomic E-state index is 0.408. The Morgan fingerprint density at radius 3 is 2.89 bits per heavy atom. The van der Waals surface area contributed by atoms with E-state index in [1.54, 1.807) is 10.7 Å². The Hall–Kier alpha value is -2.21. The van der Waals surface area contributed by atoms with Crippen LogP contribution in [0, 0.1) is 6.92 Å². The lowest BCUT2D eigenvalue weighted by Gasteiger charge is -2.23. The molecule has 1 N–H and O–H groups in total. The van der Waals surface area contributed by atoms with E-state index in [1.807, 2.05) is 25.1 Å². The van der Waals surface area contributed by atoms with Gasteiger partial charge in [-0.2, -0.15) is 4.52 Å². The zero-order chi connectivity index (χ0) is 12.8. The predicted octanol–water partition coefficient (Wildman–Crippen LogP) is 1.38. The summed E-state index contributed by atoms with van der Waals surface area (Å²) in [6.45, 7) is 3.80. The standard InChI is InChI=1S/C13H13N5O/c1-8-2-3-10(19-8)13-15-5-4-11-16-12(17-18(11)13)9-6-14-7-9/h2-5,9,14H,6-7H2,1H3. The molecule has 6 nitrogen and oxygen atoms in total. The Kier molecular flexibility index (Phi) is 2.19. The smallest absolute Gasteiger partial charge is 0.198 e. The van der Waals surface area contributed by atoms with Crippen LogP contribution >= 0.6 is 0 Å². The molecule has 0 spiro atoms. The van der Waals surface area contributed by atoms with Gasteiger partial charge in [0, 0.05) is 31.3 Å². The molecule has 1 aliphatic heterocycles. The summed E-state index contributed by atoms with van der Waals surface area (Å²) in [6.07, 6.45) is 1.74. The van der Waals surface area contributed by atoms with Crippen molar-refractivity contribution in [3.63, 3.8) is 0 Å². The molecule has 0 atom stereocenters. The number of hydrogen-bond donors (Lipinski definition) is 1. The van der Waals surface area contributed by atoms with Gasteiger partial charge in [0.05, 0.1) is 0 Å². The van der Waals surface area contributed by atoms with Crippen molar-refractivity contribution in [2.75, 3.05) is 13.1 Å². The number of aryl methyl sites for hydroxylation is 1. The third-order valence-corrected chi connectivity index (χ3v) is 3.38. The van der Waals surface area contributed by atoms with E-state index in [0.29, 0.717) is 17.5 Å². The van der Waals surface area contributed by atoms with Crippen LogP contribution in [0.1, 0.15) is 17.5 Å².